The maximum Gasteiger partial charge on any atom is 0.349 e. The number of hydrogen-bond donors (Lipinski definition) is 2. The summed E-state index contributed by atoms with van der Waals surface area (Å²) < 4.78 is 10.5. The van der Waals surface area contributed by atoms with Crippen LogP contribution < -0.4 is 10.6 Å². The van der Waals surface area contributed by atoms with E-state index in [2.05, 4.69) is 15.6 Å². The van der Waals surface area contributed by atoms with Gasteiger partial charge >= 0.3 is 18.0 Å². The highest BCUT2D eigenvalue weighted by molar-refractivity contribution is 7.18. The summed E-state index contributed by atoms with van der Waals surface area (Å²) in [7, 11) is 0. The van der Waals surface area contributed by atoms with Gasteiger partial charge in [-0.05, 0) is 58.2 Å². The van der Waals surface area contributed by atoms with Gasteiger partial charge < -0.3 is 14.8 Å². The van der Waals surface area contributed by atoms with Crippen LogP contribution in [0, 0.1) is 6.92 Å². The second kappa shape index (κ2) is 10.2. The van der Waals surface area contributed by atoms with E-state index in [-0.39, 0.29) is 22.0 Å². The number of hydrogen-bond acceptors (Lipinski definition) is 7. The van der Waals surface area contributed by atoms with E-state index < -0.39 is 23.6 Å². The Morgan fingerprint density at radius 2 is 1.93 bits per heavy atom. The molecular weight excluding hydrogens is 406 g/mol. The van der Waals surface area contributed by atoms with Gasteiger partial charge in [0.2, 0.25) is 0 Å². The third-order valence-corrected chi connectivity index (χ3v) is 5.05. The van der Waals surface area contributed by atoms with E-state index in [0.717, 1.165) is 16.9 Å². The number of aromatic nitrogens is 1. The molecule has 2 amide bonds. The highest BCUT2D eigenvalue weighted by atomic mass is 32.1. The minimum Gasteiger partial charge on any atom is -0.462 e. The molecule has 0 fully saturated rings. The molecule has 162 valence electrons. The lowest BCUT2D eigenvalue weighted by molar-refractivity contribution is 0.00744. The molecule has 0 unspecified atom stereocenters. The van der Waals surface area contributed by atoms with Crippen molar-refractivity contribution in [3.05, 3.63) is 46.1 Å². The molecule has 0 saturated carbocycles. The van der Waals surface area contributed by atoms with E-state index in [1.807, 2.05) is 12.1 Å². The van der Waals surface area contributed by atoms with Crippen LogP contribution in [0.2, 0.25) is 0 Å². The first kappa shape index (κ1) is 23.3. The number of carbonyl (C=O) groups excluding carboxylic acids is 3. The van der Waals surface area contributed by atoms with Crippen LogP contribution in [-0.4, -0.2) is 41.7 Å². The molecule has 2 rings (SSSR count). The number of thiophene rings is 1. The predicted octanol–water partition coefficient (Wildman–Crippen LogP) is 3.95. The molecule has 0 bridgehead atoms. The molecule has 8 nitrogen and oxygen atoms in total. The second-order valence-corrected chi connectivity index (χ2v) is 8.50. The summed E-state index contributed by atoms with van der Waals surface area (Å²) in [6, 6.07) is 3.26. The maximum atomic E-state index is 12.5. The van der Waals surface area contributed by atoms with Crippen LogP contribution in [0.5, 0.6) is 0 Å². The van der Waals surface area contributed by atoms with Gasteiger partial charge in [0.25, 0.3) is 0 Å². The predicted molar refractivity (Wildman–Crippen MR) is 115 cm³/mol. The third kappa shape index (κ3) is 6.55. The van der Waals surface area contributed by atoms with Gasteiger partial charge in [-0.3, -0.25) is 10.3 Å². The molecule has 0 spiro atoms. The molecule has 9 heteroatoms. The zero-order valence-electron chi connectivity index (χ0n) is 17.8. The van der Waals surface area contributed by atoms with E-state index in [1.54, 1.807) is 47.0 Å². The summed E-state index contributed by atoms with van der Waals surface area (Å²) in [5.74, 6) is -1.16. The summed E-state index contributed by atoms with van der Waals surface area (Å²) in [5, 5.41) is 5.64. The Kier molecular flexibility index (Phi) is 7.93. The molecular formula is C21H27N3O5S. The van der Waals surface area contributed by atoms with Crippen molar-refractivity contribution in [1.29, 1.82) is 0 Å². The van der Waals surface area contributed by atoms with Gasteiger partial charge in [0.05, 0.1) is 12.2 Å². The third-order valence-electron chi connectivity index (χ3n) is 3.86. The van der Waals surface area contributed by atoms with E-state index in [9.17, 15) is 14.4 Å². The molecule has 2 N–H and O–H groups in total. The van der Waals surface area contributed by atoms with E-state index in [4.69, 9.17) is 9.47 Å². The molecule has 30 heavy (non-hydrogen) atoms. The lowest BCUT2D eigenvalue weighted by atomic mass is 10.1. The molecule has 0 atom stereocenters. The molecule has 0 saturated heterocycles. The topological polar surface area (TPSA) is 107 Å². The SMILES string of the molecule is CCOC(=O)c1c(NC(=O)NCCc2cccnc2)sc(C(=O)OC(C)(C)C)c1C. The normalized spacial score (nSPS) is 11.0. The van der Waals surface area contributed by atoms with Crippen molar-refractivity contribution >= 4 is 34.3 Å². The molecule has 2 aromatic rings. The molecule has 0 aliphatic carbocycles. The molecule has 2 heterocycles. The van der Waals surface area contributed by atoms with E-state index >= 15 is 0 Å². The van der Waals surface area contributed by atoms with Gasteiger partial charge in [-0.25, -0.2) is 14.4 Å². The quantitative estimate of drug-likeness (QED) is 0.641. The fourth-order valence-corrected chi connectivity index (χ4v) is 3.65. The molecule has 0 radical (unpaired) electrons. The highest BCUT2D eigenvalue weighted by Crippen LogP contribution is 2.35. The van der Waals surface area contributed by atoms with Crippen LogP contribution in [0.15, 0.2) is 24.5 Å². The number of anilines is 1. The van der Waals surface area contributed by atoms with Crippen LogP contribution in [0.3, 0.4) is 0 Å². The van der Waals surface area contributed by atoms with E-state index in [1.165, 1.54) is 0 Å². The molecule has 2 aromatic heterocycles. The first-order valence-corrected chi connectivity index (χ1v) is 10.4. The summed E-state index contributed by atoms with van der Waals surface area (Å²) in [5.41, 5.74) is 0.877. The average molecular weight is 434 g/mol. The number of pyridine rings is 1. The van der Waals surface area contributed by atoms with Crippen molar-refractivity contribution in [3.8, 4) is 0 Å². The minimum absolute atomic E-state index is 0.158. The van der Waals surface area contributed by atoms with Crippen LogP contribution in [0.1, 0.15) is 58.9 Å². The van der Waals surface area contributed by atoms with Crippen LogP contribution in [0.25, 0.3) is 0 Å². The van der Waals surface area contributed by atoms with Gasteiger partial charge in [0, 0.05) is 18.9 Å². The molecule has 0 aromatic carbocycles. The number of rotatable bonds is 7. The summed E-state index contributed by atoms with van der Waals surface area (Å²) >= 11 is 0.990. The van der Waals surface area contributed by atoms with Gasteiger partial charge in [0.15, 0.2) is 0 Å². The summed E-state index contributed by atoms with van der Waals surface area (Å²) in [6.07, 6.45) is 4.02. The summed E-state index contributed by atoms with van der Waals surface area (Å²) in [6.45, 7) is 9.15. The Bertz CT molecular complexity index is 903. The number of carbonyl (C=O) groups is 3. The number of amides is 2. The second-order valence-electron chi connectivity index (χ2n) is 7.47. The smallest absolute Gasteiger partial charge is 0.349 e. The lowest BCUT2D eigenvalue weighted by Gasteiger charge is -2.19. The van der Waals surface area contributed by atoms with Gasteiger partial charge in [-0.15, -0.1) is 11.3 Å². The van der Waals surface area contributed by atoms with Crippen molar-refractivity contribution in [2.24, 2.45) is 0 Å². The van der Waals surface area contributed by atoms with Crippen molar-refractivity contribution in [3.63, 3.8) is 0 Å². The Hall–Kier alpha value is -2.94. The van der Waals surface area contributed by atoms with Gasteiger partial charge in [-0.1, -0.05) is 6.07 Å². The molecule has 0 aliphatic rings. The standard InChI is InChI=1S/C21H27N3O5S/c1-6-28-18(25)15-13(2)16(19(26)29-21(3,4)5)30-17(15)24-20(27)23-11-9-14-8-7-10-22-12-14/h7-8,10,12H,6,9,11H2,1-5H3,(H2,23,24,27). The Balaban J connectivity index is 2.15. The number of ether oxygens (including phenoxy) is 2. The monoisotopic (exact) mass is 433 g/mol. The van der Waals surface area contributed by atoms with Crippen LogP contribution in [-0.2, 0) is 15.9 Å². The van der Waals surface area contributed by atoms with Crippen molar-refractivity contribution in [2.75, 3.05) is 18.5 Å². The minimum atomic E-state index is -0.686. The zero-order valence-corrected chi connectivity index (χ0v) is 18.6. The maximum absolute atomic E-state index is 12.5. The van der Waals surface area contributed by atoms with Gasteiger partial charge in [0.1, 0.15) is 15.5 Å². The fraction of sp³-hybridized carbons (Fsp3) is 0.429. The number of urea groups is 1. The van der Waals surface area contributed by atoms with Crippen molar-refractivity contribution < 1.29 is 23.9 Å². The first-order valence-electron chi connectivity index (χ1n) is 9.60. The Morgan fingerprint density at radius 1 is 1.20 bits per heavy atom. The highest BCUT2D eigenvalue weighted by Gasteiger charge is 2.29. The Morgan fingerprint density at radius 3 is 2.53 bits per heavy atom. The van der Waals surface area contributed by atoms with Crippen LogP contribution in [0.4, 0.5) is 9.80 Å². The number of esters is 2. The van der Waals surface area contributed by atoms with Crippen molar-refractivity contribution in [1.82, 2.24) is 10.3 Å². The van der Waals surface area contributed by atoms with Crippen LogP contribution >= 0.6 is 11.3 Å². The van der Waals surface area contributed by atoms with E-state index in [0.29, 0.717) is 18.5 Å². The Labute approximate surface area is 180 Å². The zero-order chi connectivity index (χ0) is 22.3. The first-order chi connectivity index (χ1) is 14.1. The molecule has 0 aliphatic heterocycles. The number of nitrogens with one attached hydrogen (secondary N) is 2. The largest absolute Gasteiger partial charge is 0.462 e. The average Bonchev–Trinajstić information content (AvgIpc) is 2.97. The van der Waals surface area contributed by atoms with Crippen molar-refractivity contribution in [2.45, 2.75) is 46.6 Å². The lowest BCUT2D eigenvalue weighted by Crippen LogP contribution is -2.30. The number of nitrogens with zero attached hydrogens (tertiary/aromatic N) is 1. The fourth-order valence-electron chi connectivity index (χ4n) is 2.58. The summed E-state index contributed by atoms with van der Waals surface area (Å²) in [4.78, 5) is 41.6. The van der Waals surface area contributed by atoms with Gasteiger partial charge in [-0.2, -0.15) is 0 Å².